The molecular weight excluding hydrogens is 442 g/mol. The van der Waals surface area contributed by atoms with Crippen molar-refractivity contribution in [1.29, 1.82) is 0 Å². The molecule has 0 unspecified atom stereocenters. The lowest BCUT2D eigenvalue weighted by atomic mass is 10.0. The van der Waals surface area contributed by atoms with E-state index in [-0.39, 0.29) is 6.29 Å². The summed E-state index contributed by atoms with van der Waals surface area (Å²) in [5.74, 6) is 0.531. The van der Waals surface area contributed by atoms with Crippen molar-refractivity contribution < 1.29 is 9.47 Å². The molecule has 36 heavy (non-hydrogen) atoms. The van der Waals surface area contributed by atoms with Crippen LogP contribution in [0.1, 0.15) is 128 Å². The second-order valence-corrected chi connectivity index (χ2v) is 10.8. The molecule has 1 saturated heterocycles. The molecule has 0 radical (unpaired) electrons. The summed E-state index contributed by atoms with van der Waals surface area (Å²) in [6, 6.07) is 13.1. The highest BCUT2D eigenvalue weighted by Gasteiger charge is 2.23. The standard InChI is InChI=1S/C33H51NO2/c1-3-5-7-9-11-12-14-16-18-29-26-35-33(36-27-29)31-23-24-32(34-25-31)30-21-19-28(20-22-30)17-15-13-10-8-6-4-2/h19-25,29,33H,3-18,26-27H2,1-2H3/t29-,33-. The Morgan fingerprint density at radius 2 is 1.25 bits per heavy atom. The van der Waals surface area contributed by atoms with Crippen LogP contribution < -0.4 is 0 Å². The Morgan fingerprint density at radius 1 is 0.667 bits per heavy atom. The van der Waals surface area contributed by atoms with Gasteiger partial charge in [-0.15, -0.1) is 0 Å². The highest BCUT2D eigenvalue weighted by atomic mass is 16.7. The molecule has 1 aromatic heterocycles. The van der Waals surface area contributed by atoms with Gasteiger partial charge in [-0.25, -0.2) is 0 Å². The van der Waals surface area contributed by atoms with E-state index in [2.05, 4.69) is 50.2 Å². The number of ether oxygens (including phenoxy) is 2. The lowest BCUT2D eigenvalue weighted by Crippen LogP contribution is -2.27. The third kappa shape index (κ3) is 10.7. The summed E-state index contributed by atoms with van der Waals surface area (Å²) < 4.78 is 12.1. The van der Waals surface area contributed by atoms with Crippen molar-refractivity contribution in [1.82, 2.24) is 4.98 Å². The van der Waals surface area contributed by atoms with Gasteiger partial charge in [0.05, 0.1) is 18.9 Å². The molecular formula is C33H51NO2. The highest BCUT2D eigenvalue weighted by Crippen LogP contribution is 2.28. The zero-order valence-corrected chi connectivity index (χ0v) is 23.2. The summed E-state index contributed by atoms with van der Waals surface area (Å²) in [5, 5.41) is 0. The van der Waals surface area contributed by atoms with Crippen molar-refractivity contribution in [3.05, 3.63) is 53.7 Å². The molecule has 0 saturated carbocycles. The van der Waals surface area contributed by atoms with Crippen LogP contribution in [0.2, 0.25) is 0 Å². The summed E-state index contributed by atoms with van der Waals surface area (Å²) >= 11 is 0. The number of benzene rings is 1. The lowest BCUT2D eigenvalue weighted by Gasteiger charge is -2.29. The molecule has 2 heterocycles. The number of nitrogens with zero attached hydrogens (tertiary/aromatic N) is 1. The Bertz CT molecular complexity index is 793. The third-order valence-corrected chi connectivity index (χ3v) is 7.56. The Kier molecular flexibility index (Phi) is 14.2. The summed E-state index contributed by atoms with van der Waals surface area (Å²) in [6.07, 6.45) is 23.1. The predicted molar refractivity (Wildman–Crippen MR) is 152 cm³/mol. The molecule has 1 aliphatic heterocycles. The smallest absolute Gasteiger partial charge is 0.185 e. The molecule has 3 nitrogen and oxygen atoms in total. The fourth-order valence-corrected chi connectivity index (χ4v) is 5.14. The van der Waals surface area contributed by atoms with Crippen molar-refractivity contribution >= 4 is 0 Å². The van der Waals surface area contributed by atoms with E-state index in [1.807, 2.05) is 6.20 Å². The van der Waals surface area contributed by atoms with Crippen molar-refractivity contribution in [3.63, 3.8) is 0 Å². The molecule has 1 aromatic carbocycles. The van der Waals surface area contributed by atoms with Gasteiger partial charge in [-0.2, -0.15) is 0 Å². The molecule has 200 valence electrons. The number of aryl methyl sites for hydroxylation is 1. The molecule has 0 amide bonds. The van der Waals surface area contributed by atoms with Gasteiger partial charge in [-0.05, 0) is 30.9 Å². The van der Waals surface area contributed by atoms with E-state index in [0.29, 0.717) is 5.92 Å². The molecule has 3 heteroatoms. The summed E-state index contributed by atoms with van der Waals surface area (Å²) in [5.41, 5.74) is 4.62. The van der Waals surface area contributed by atoms with Gasteiger partial charge in [-0.3, -0.25) is 4.98 Å². The van der Waals surface area contributed by atoms with Gasteiger partial charge >= 0.3 is 0 Å². The van der Waals surface area contributed by atoms with Gasteiger partial charge < -0.3 is 9.47 Å². The number of pyridine rings is 1. The molecule has 0 aliphatic carbocycles. The Balaban J connectivity index is 1.32. The fraction of sp³-hybridized carbons (Fsp3) is 0.667. The van der Waals surface area contributed by atoms with Gasteiger partial charge in [0, 0.05) is 23.2 Å². The first-order valence-corrected chi connectivity index (χ1v) is 15.1. The summed E-state index contributed by atoms with van der Waals surface area (Å²) in [4.78, 5) is 4.71. The van der Waals surface area contributed by atoms with Crippen LogP contribution in [0.3, 0.4) is 0 Å². The molecule has 0 N–H and O–H groups in total. The van der Waals surface area contributed by atoms with Gasteiger partial charge in [0.15, 0.2) is 6.29 Å². The van der Waals surface area contributed by atoms with Crippen LogP contribution in [0, 0.1) is 5.92 Å². The maximum Gasteiger partial charge on any atom is 0.185 e. The van der Waals surface area contributed by atoms with Gasteiger partial charge in [-0.1, -0.05) is 128 Å². The minimum atomic E-state index is -0.277. The van der Waals surface area contributed by atoms with E-state index in [4.69, 9.17) is 14.5 Å². The van der Waals surface area contributed by atoms with E-state index in [0.717, 1.165) is 24.5 Å². The number of rotatable bonds is 18. The molecule has 3 rings (SSSR count). The number of unbranched alkanes of at least 4 members (excludes halogenated alkanes) is 12. The Hall–Kier alpha value is -1.71. The van der Waals surface area contributed by atoms with Crippen LogP contribution >= 0.6 is 0 Å². The number of hydrogen-bond donors (Lipinski definition) is 0. The normalized spacial score (nSPS) is 17.9. The second-order valence-electron chi connectivity index (χ2n) is 10.8. The van der Waals surface area contributed by atoms with E-state index >= 15 is 0 Å². The second kappa shape index (κ2) is 17.7. The molecule has 1 aliphatic rings. The molecule has 2 aromatic rings. The summed E-state index contributed by atoms with van der Waals surface area (Å²) in [6.45, 7) is 6.14. The first-order chi connectivity index (χ1) is 17.8. The number of hydrogen-bond acceptors (Lipinski definition) is 3. The largest absolute Gasteiger partial charge is 0.348 e. The molecule has 0 spiro atoms. The topological polar surface area (TPSA) is 31.4 Å². The van der Waals surface area contributed by atoms with Crippen molar-refractivity contribution in [3.8, 4) is 11.3 Å². The average Bonchev–Trinajstić information content (AvgIpc) is 2.93. The molecule has 0 bridgehead atoms. The van der Waals surface area contributed by atoms with Crippen LogP contribution in [-0.2, 0) is 15.9 Å². The monoisotopic (exact) mass is 493 g/mol. The minimum absolute atomic E-state index is 0.277. The highest BCUT2D eigenvalue weighted by molar-refractivity contribution is 5.59. The lowest BCUT2D eigenvalue weighted by molar-refractivity contribution is -0.206. The van der Waals surface area contributed by atoms with Crippen molar-refractivity contribution in [2.24, 2.45) is 5.92 Å². The Morgan fingerprint density at radius 3 is 1.83 bits per heavy atom. The minimum Gasteiger partial charge on any atom is -0.348 e. The quantitative estimate of drug-likeness (QED) is 0.194. The third-order valence-electron chi connectivity index (χ3n) is 7.56. The van der Waals surface area contributed by atoms with Crippen molar-refractivity contribution in [2.75, 3.05) is 13.2 Å². The molecule has 0 atom stereocenters. The van der Waals surface area contributed by atoms with Gasteiger partial charge in [0.2, 0.25) is 0 Å². The average molecular weight is 494 g/mol. The van der Waals surface area contributed by atoms with Crippen LogP contribution in [0.4, 0.5) is 0 Å². The van der Waals surface area contributed by atoms with E-state index in [9.17, 15) is 0 Å². The van der Waals surface area contributed by atoms with Gasteiger partial charge in [0.1, 0.15) is 0 Å². The van der Waals surface area contributed by atoms with Crippen LogP contribution in [-0.4, -0.2) is 18.2 Å². The van der Waals surface area contributed by atoms with Crippen molar-refractivity contribution in [2.45, 2.75) is 123 Å². The fourth-order valence-electron chi connectivity index (χ4n) is 5.14. The zero-order valence-electron chi connectivity index (χ0n) is 23.2. The summed E-state index contributed by atoms with van der Waals surface area (Å²) in [7, 11) is 0. The van der Waals surface area contributed by atoms with Crippen LogP contribution in [0.25, 0.3) is 11.3 Å². The van der Waals surface area contributed by atoms with Gasteiger partial charge in [0.25, 0.3) is 0 Å². The van der Waals surface area contributed by atoms with E-state index < -0.39 is 0 Å². The van der Waals surface area contributed by atoms with Crippen LogP contribution in [0.15, 0.2) is 42.6 Å². The zero-order chi connectivity index (χ0) is 25.3. The SMILES string of the molecule is CCCCCCCCCC[C@H]1CO[C@H](c2ccc(-c3ccc(CCCCCCCC)cc3)nc2)OC1. The van der Waals surface area contributed by atoms with Crippen LogP contribution in [0.5, 0.6) is 0 Å². The van der Waals surface area contributed by atoms with E-state index in [1.54, 1.807) is 0 Å². The Labute approximate surface area is 221 Å². The predicted octanol–water partition coefficient (Wildman–Crippen LogP) is 9.84. The molecule has 1 fully saturated rings. The maximum absolute atomic E-state index is 6.07. The number of aromatic nitrogens is 1. The van der Waals surface area contributed by atoms with E-state index in [1.165, 1.54) is 114 Å². The first-order valence-electron chi connectivity index (χ1n) is 15.1. The first kappa shape index (κ1) is 28.9. The maximum atomic E-state index is 6.07.